The smallest absolute Gasteiger partial charge is 0.481 e. The molecule has 4 aromatic rings. The van der Waals surface area contributed by atoms with Gasteiger partial charge in [0, 0.05) is 39.9 Å². The lowest BCUT2D eigenvalue weighted by molar-refractivity contribution is -0.0500. The Kier molecular flexibility index (Phi) is 7.50. The van der Waals surface area contributed by atoms with E-state index in [1.165, 1.54) is 42.1 Å². The molecule has 0 atom stereocenters. The van der Waals surface area contributed by atoms with E-state index in [-0.39, 0.29) is 52.3 Å². The van der Waals surface area contributed by atoms with Crippen LogP contribution in [0.3, 0.4) is 0 Å². The van der Waals surface area contributed by atoms with Crippen molar-refractivity contribution >= 4 is 27.0 Å². The zero-order chi connectivity index (χ0) is 28.5. The van der Waals surface area contributed by atoms with E-state index in [2.05, 4.69) is 9.17 Å². The van der Waals surface area contributed by atoms with E-state index in [1.54, 1.807) is 6.92 Å². The van der Waals surface area contributed by atoms with Crippen LogP contribution in [0.5, 0.6) is 11.6 Å². The molecule has 0 bridgehead atoms. The molecule has 39 heavy (non-hydrogen) atoms. The van der Waals surface area contributed by atoms with Gasteiger partial charge in [-0.25, -0.2) is 18.6 Å². The van der Waals surface area contributed by atoms with Crippen LogP contribution < -0.4 is 8.92 Å². The number of aromatic nitrogens is 2. The molecule has 2 aromatic heterocycles. The van der Waals surface area contributed by atoms with Gasteiger partial charge in [0.2, 0.25) is 5.88 Å². The van der Waals surface area contributed by atoms with Crippen molar-refractivity contribution in [2.45, 2.75) is 19.0 Å². The number of methoxy groups -OCH3 is 1. The number of fused-ring (bicyclic) bond motifs is 1. The number of halogens is 5. The largest absolute Gasteiger partial charge is 0.534 e. The Morgan fingerprint density at radius 1 is 1.08 bits per heavy atom. The lowest BCUT2D eigenvalue weighted by Gasteiger charge is -2.13. The molecular weight excluding hydrogens is 551 g/mol. The van der Waals surface area contributed by atoms with Gasteiger partial charge in [0.25, 0.3) is 0 Å². The predicted octanol–water partition coefficient (Wildman–Crippen LogP) is 5.44. The first-order valence-corrected chi connectivity index (χ1v) is 12.6. The van der Waals surface area contributed by atoms with Crippen LogP contribution >= 0.6 is 0 Å². The molecule has 0 saturated carbocycles. The number of carbonyl (C=O) groups is 1. The van der Waals surface area contributed by atoms with E-state index in [4.69, 9.17) is 9.47 Å². The summed E-state index contributed by atoms with van der Waals surface area (Å²) in [6.45, 7) is 1.15. The van der Waals surface area contributed by atoms with Crippen molar-refractivity contribution in [2.75, 3.05) is 13.7 Å². The highest BCUT2D eigenvalue weighted by Crippen LogP contribution is 2.41. The summed E-state index contributed by atoms with van der Waals surface area (Å²) < 4.78 is 107. The van der Waals surface area contributed by atoms with Gasteiger partial charge in [0.15, 0.2) is 0 Å². The zero-order valence-corrected chi connectivity index (χ0v) is 21.1. The van der Waals surface area contributed by atoms with E-state index < -0.39 is 39.0 Å². The predicted molar refractivity (Wildman–Crippen MR) is 129 cm³/mol. The van der Waals surface area contributed by atoms with Crippen LogP contribution in [0.25, 0.3) is 22.0 Å². The number of pyridine rings is 1. The maximum absolute atomic E-state index is 14.6. The molecule has 0 N–H and O–H groups in total. The van der Waals surface area contributed by atoms with Crippen LogP contribution in [-0.2, 0) is 21.4 Å². The SMILES string of the molecule is CCOC(=O)c1c(-c2cccnc2OC)c2cc(OS(=O)(=O)C(F)(F)F)ccc2n1Cc1ccc(F)cc1F. The van der Waals surface area contributed by atoms with Crippen molar-refractivity contribution in [3.63, 3.8) is 0 Å². The molecule has 0 amide bonds. The Hall–Kier alpha value is -4.20. The minimum absolute atomic E-state index is 0.0179. The Balaban J connectivity index is 2.06. The number of ether oxygens (including phenoxy) is 2. The fourth-order valence-corrected chi connectivity index (χ4v) is 4.42. The molecule has 0 aliphatic carbocycles. The van der Waals surface area contributed by atoms with Gasteiger partial charge in [-0.05, 0) is 43.3 Å². The van der Waals surface area contributed by atoms with Crippen LogP contribution in [-0.4, -0.2) is 43.2 Å². The van der Waals surface area contributed by atoms with E-state index >= 15 is 0 Å². The molecule has 0 spiro atoms. The molecule has 2 heterocycles. The highest BCUT2D eigenvalue weighted by molar-refractivity contribution is 7.88. The number of esters is 1. The molecule has 0 aliphatic heterocycles. The molecule has 4 rings (SSSR count). The number of alkyl halides is 3. The highest BCUT2D eigenvalue weighted by Gasteiger charge is 2.48. The summed E-state index contributed by atoms with van der Waals surface area (Å²) in [4.78, 5) is 17.4. The molecule has 0 radical (unpaired) electrons. The fourth-order valence-electron chi connectivity index (χ4n) is 3.97. The normalized spacial score (nSPS) is 12.0. The molecule has 0 aliphatic rings. The van der Waals surface area contributed by atoms with Crippen LogP contribution in [0.1, 0.15) is 23.0 Å². The Labute approximate surface area is 218 Å². The third-order valence-electron chi connectivity index (χ3n) is 5.57. The number of hydrogen-bond acceptors (Lipinski definition) is 7. The minimum atomic E-state index is -6.02. The summed E-state index contributed by atoms with van der Waals surface area (Å²) in [5.41, 5.74) is -5.48. The van der Waals surface area contributed by atoms with Gasteiger partial charge in [-0.3, -0.25) is 0 Å². The molecule has 206 valence electrons. The molecule has 0 saturated heterocycles. The zero-order valence-electron chi connectivity index (χ0n) is 20.3. The van der Waals surface area contributed by atoms with Gasteiger partial charge in [0.05, 0.1) is 20.3 Å². The van der Waals surface area contributed by atoms with Crippen molar-refractivity contribution in [1.29, 1.82) is 0 Å². The average Bonchev–Trinajstić information content (AvgIpc) is 3.18. The van der Waals surface area contributed by atoms with Gasteiger partial charge < -0.3 is 18.2 Å². The summed E-state index contributed by atoms with van der Waals surface area (Å²) in [6, 6.07) is 8.99. The van der Waals surface area contributed by atoms with E-state index in [9.17, 15) is 35.2 Å². The van der Waals surface area contributed by atoms with Gasteiger partial charge >= 0.3 is 21.6 Å². The first-order valence-electron chi connectivity index (χ1n) is 11.1. The van der Waals surface area contributed by atoms with Gasteiger partial charge in [-0.1, -0.05) is 6.07 Å². The molecular formula is C25H19F5N2O6S. The second-order valence-electron chi connectivity index (χ2n) is 7.99. The van der Waals surface area contributed by atoms with Crippen molar-refractivity contribution < 1.29 is 48.8 Å². The number of carbonyl (C=O) groups excluding carboxylic acids is 1. The second-order valence-corrected chi connectivity index (χ2v) is 9.53. The molecule has 2 aromatic carbocycles. The highest BCUT2D eigenvalue weighted by atomic mass is 32.2. The van der Waals surface area contributed by atoms with Gasteiger partial charge in [-0.2, -0.15) is 21.6 Å². The standard InChI is InChI=1S/C25H19F5N2O6S/c1-3-37-24(33)22-21(17-5-4-10-31-23(17)36-2)18-12-16(38-39(34,35)25(28,29)30)8-9-20(18)32(22)13-14-6-7-15(26)11-19(14)27/h4-12H,3,13H2,1-2H3. The first-order chi connectivity index (χ1) is 18.4. The third-order valence-corrected chi connectivity index (χ3v) is 6.55. The summed E-state index contributed by atoms with van der Waals surface area (Å²) >= 11 is 0. The molecule has 0 unspecified atom stereocenters. The average molecular weight is 570 g/mol. The second kappa shape index (κ2) is 10.5. The lowest BCUT2D eigenvalue weighted by Crippen LogP contribution is -2.28. The Bertz CT molecular complexity index is 1670. The topological polar surface area (TPSA) is 96.7 Å². The summed E-state index contributed by atoms with van der Waals surface area (Å²) in [5.74, 6) is -3.31. The number of hydrogen-bond donors (Lipinski definition) is 0. The van der Waals surface area contributed by atoms with E-state index in [0.717, 1.165) is 18.2 Å². The van der Waals surface area contributed by atoms with Crippen molar-refractivity contribution in [1.82, 2.24) is 9.55 Å². The monoisotopic (exact) mass is 570 g/mol. The Morgan fingerprint density at radius 2 is 1.82 bits per heavy atom. The maximum atomic E-state index is 14.6. The third kappa shape index (κ3) is 5.37. The van der Waals surface area contributed by atoms with E-state index in [1.807, 2.05) is 0 Å². The van der Waals surface area contributed by atoms with Crippen molar-refractivity contribution in [3.05, 3.63) is 77.6 Å². The lowest BCUT2D eigenvalue weighted by atomic mass is 10.0. The maximum Gasteiger partial charge on any atom is 0.534 e. The summed E-state index contributed by atoms with van der Waals surface area (Å²) in [6.07, 6.45) is 1.39. The number of rotatable bonds is 8. The van der Waals surface area contributed by atoms with Crippen molar-refractivity contribution in [2.24, 2.45) is 0 Å². The minimum Gasteiger partial charge on any atom is -0.481 e. The molecule has 0 fully saturated rings. The quantitative estimate of drug-likeness (QED) is 0.120. The summed E-state index contributed by atoms with van der Waals surface area (Å²) in [5, 5.41) is 0.0433. The van der Waals surface area contributed by atoms with Gasteiger partial charge in [0.1, 0.15) is 23.1 Å². The van der Waals surface area contributed by atoms with Crippen molar-refractivity contribution in [3.8, 4) is 22.8 Å². The molecule has 14 heteroatoms. The number of nitrogens with zero attached hydrogens (tertiary/aromatic N) is 2. The van der Waals surface area contributed by atoms with Crippen LogP contribution in [0, 0.1) is 11.6 Å². The molecule has 8 nitrogen and oxygen atoms in total. The Morgan fingerprint density at radius 3 is 2.46 bits per heavy atom. The van der Waals surface area contributed by atoms with E-state index in [0.29, 0.717) is 6.07 Å². The number of benzene rings is 2. The van der Waals surface area contributed by atoms with Gasteiger partial charge in [-0.15, -0.1) is 0 Å². The fraction of sp³-hybridized carbons (Fsp3) is 0.200. The van der Waals surface area contributed by atoms with Crippen LogP contribution in [0.15, 0.2) is 54.7 Å². The first kappa shape index (κ1) is 27.8. The summed E-state index contributed by atoms with van der Waals surface area (Å²) in [7, 11) is -4.72. The van der Waals surface area contributed by atoms with Crippen LogP contribution in [0.4, 0.5) is 22.0 Å². The van der Waals surface area contributed by atoms with Crippen LogP contribution in [0.2, 0.25) is 0 Å².